The van der Waals surface area contributed by atoms with Crippen molar-refractivity contribution in [1.82, 2.24) is 5.32 Å². The molecule has 6 nitrogen and oxygen atoms in total. The SMILES string of the molecule is O=C1CN(c2ccc3c(c2)OC(F)(F)O3)C(=O)CN1. The van der Waals surface area contributed by atoms with Crippen molar-refractivity contribution in [1.29, 1.82) is 0 Å². The van der Waals surface area contributed by atoms with Crippen molar-refractivity contribution in [2.75, 3.05) is 18.0 Å². The predicted octanol–water partition coefficient (Wildman–Crippen LogP) is 0.471. The fraction of sp³-hybridized carbons (Fsp3) is 0.273. The van der Waals surface area contributed by atoms with Gasteiger partial charge in [-0.3, -0.25) is 9.59 Å². The van der Waals surface area contributed by atoms with Crippen LogP contribution in [0, 0.1) is 0 Å². The summed E-state index contributed by atoms with van der Waals surface area (Å²) in [5.41, 5.74) is 0.305. The maximum absolute atomic E-state index is 12.9. The number of hydrogen-bond acceptors (Lipinski definition) is 4. The molecule has 100 valence electrons. The summed E-state index contributed by atoms with van der Waals surface area (Å²) >= 11 is 0. The highest BCUT2D eigenvalue weighted by Gasteiger charge is 2.43. The third kappa shape index (κ3) is 2.05. The van der Waals surface area contributed by atoms with E-state index in [-0.39, 0.29) is 36.4 Å². The highest BCUT2D eigenvalue weighted by atomic mass is 19.3. The summed E-state index contributed by atoms with van der Waals surface area (Å²) in [7, 11) is 0. The van der Waals surface area contributed by atoms with Crippen LogP contribution in [0.15, 0.2) is 18.2 Å². The van der Waals surface area contributed by atoms with Gasteiger partial charge in [0.1, 0.15) is 6.54 Å². The largest absolute Gasteiger partial charge is 0.586 e. The summed E-state index contributed by atoms with van der Waals surface area (Å²) in [5, 5.41) is 2.39. The van der Waals surface area contributed by atoms with E-state index in [9.17, 15) is 18.4 Å². The molecule has 0 saturated carbocycles. The molecule has 0 bridgehead atoms. The number of carbonyl (C=O) groups excluding carboxylic acids is 2. The summed E-state index contributed by atoms with van der Waals surface area (Å²) in [5.74, 6) is -0.920. The highest BCUT2D eigenvalue weighted by Crippen LogP contribution is 2.42. The first-order valence-corrected chi connectivity index (χ1v) is 5.41. The van der Waals surface area contributed by atoms with Crippen LogP contribution < -0.4 is 19.7 Å². The van der Waals surface area contributed by atoms with Crippen molar-refractivity contribution in [3.63, 3.8) is 0 Å². The number of nitrogens with zero attached hydrogens (tertiary/aromatic N) is 1. The Kier molecular flexibility index (Phi) is 2.34. The van der Waals surface area contributed by atoms with Gasteiger partial charge in [0.25, 0.3) is 0 Å². The Morgan fingerprint density at radius 3 is 2.74 bits per heavy atom. The van der Waals surface area contributed by atoms with Crippen molar-refractivity contribution in [3.05, 3.63) is 18.2 Å². The van der Waals surface area contributed by atoms with Crippen molar-refractivity contribution in [2.45, 2.75) is 6.29 Å². The van der Waals surface area contributed by atoms with E-state index < -0.39 is 6.29 Å². The number of nitrogens with one attached hydrogen (secondary N) is 1. The molecule has 2 heterocycles. The molecule has 1 N–H and O–H groups in total. The molecule has 1 aromatic carbocycles. The molecule has 8 heteroatoms. The molecule has 0 unspecified atom stereocenters. The Bertz CT molecular complexity index is 576. The molecule has 2 aliphatic heterocycles. The number of fused-ring (bicyclic) bond motifs is 1. The van der Waals surface area contributed by atoms with Crippen LogP contribution in [0.4, 0.5) is 14.5 Å². The standard InChI is InChI=1S/C11H8F2N2O4/c12-11(13)18-7-2-1-6(3-8(7)19-11)15-5-9(16)14-4-10(15)17/h1-3H,4-5H2,(H,14,16). The molecule has 0 aliphatic carbocycles. The number of piperazine rings is 1. The molecular formula is C11H8F2N2O4. The maximum Gasteiger partial charge on any atom is 0.586 e. The second-order valence-electron chi connectivity index (χ2n) is 4.06. The minimum Gasteiger partial charge on any atom is -0.395 e. The summed E-state index contributed by atoms with van der Waals surface area (Å²) in [4.78, 5) is 24.1. The molecule has 2 amide bonds. The number of ether oxygens (including phenoxy) is 2. The molecule has 1 saturated heterocycles. The quantitative estimate of drug-likeness (QED) is 0.805. The van der Waals surface area contributed by atoms with Crippen LogP contribution in [-0.2, 0) is 9.59 Å². The van der Waals surface area contributed by atoms with Gasteiger partial charge in [-0.05, 0) is 12.1 Å². The predicted molar refractivity (Wildman–Crippen MR) is 58.0 cm³/mol. The lowest BCUT2D eigenvalue weighted by atomic mass is 10.2. The molecule has 0 spiro atoms. The monoisotopic (exact) mass is 270 g/mol. The minimum absolute atomic E-state index is 0.109. The summed E-state index contributed by atoms with van der Waals surface area (Å²) < 4.78 is 34.3. The number of rotatable bonds is 1. The molecule has 2 aliphatic rings. The lowest BCUT2D eigenvalue weighted by molar-refractivity contribution is -0.286. The number of hydrogen-bond donors (Lipinski definition) is 1. The highest BCUT2D eigenvalue weighted by molar-refractivity contribution is 6.04. The van der Waals surface area contributed by atoms with Crippen LogP contribution in [0.2, 0.25) is 0 Å². The fourth-order valence-corrected chi connectivity index (χ4v) is 1.90. The van der Waals surface area contributed by atoms with Crippen molar-refractivity contribution in [3.8, 4) is 11.5 Å². The third-order valence-corrected chi connectivity index (χ3v) is 2.74. The Morgan fingerprint density at radius 2 is 1.95 bits per heavy atom. The normalized spacial score (nSPS) is 20.4. The van der Waals surface area contributed by atoms with Gasteiger partial charge in [0.15, 0.2) is 11.5 Å². The van der Waals surface area contributed by atoms with E-state index in [0.717, 1.165) is 0 Å². The van der Waals surface area contributed by atoms with E-state index >= 15 is 0 Å². The zero-order valence-corrected chi connectivity index (χ0v) is 9.48. The van der Waals surface area contributed by atoms with Crippen LogP contribution in [0.5, 0.6) is 11.5 Å². The van der Waals surface area contributed by atoms with Crippen LogP contribution in [0.3, 0.4) is 0 Å². The van der Waals surface area contributed by atoms with Crippen LogP contribution in [-0.4, -0.2) is 31.2 Å². The molecule has 1 aromatic rings. The molecular weight excluding hydrogens is 262 g/mol. The van der Waals surface area contributed by atoms with Crippen LogP contribution in [0.1, 0.15) is 0 Å². The zero-order valence-electron chi connectivity index (χ0n) is 9.48. The first-order valence-electron chi connectivity index (χ1n) is 5.41. The van der Waals surface area contributed by atoms with E-state index in [4.69, 9.17) is 0 Å². The summed E-state index contributed by atoms with van der Waals surface area (Å²) in [6.45, 7) is -0.279. The van der Waals surface area contributed by atoms with Gasteiger partial charge in [-0.1, -0.05) is 0 Å². The first kappa shape index (κ1) is 11.7. The van der Waals surface area contributed by atoms with Crippen molar-refractivity contribution in [2.24, 2.45) is 0 Å². The Labute approximate surface area is 105 Å². The molecule has 0 atom stereocenters. The van der Waals surface area contributed by atoms with E-state index in [1.165, 1.54) is 23.1 Å². The minimum atomic E-state index is -3.70. The van der Waals surface area contributed by atoms with Gasteiger partial charge in [0.2, 0.25) is 11.8 Å². The molecule has 19 heavy (non-hydrogen) atoms. The van der Waals surface area contributed by atoms with Crippen LogP contribution >= 0.6 is 0 Å². The number of amides is 2. The number of halogens is 2. The zero-order chi connectivity index (χ0) is 13.6. The van der Waals surface area contributed by atoms with Gasteiger partial charge < -0.3 is 19.7 Å². The van der Waals surface area contributed by atoms with E-state index in [2.05, 4.69) is 14.8 Å². The van der Waals surface area contributed by atoms with Crippen molar-refractivity contribution >= 4 is 17.5 Å². The third-order valence-electron chi connectivity index (χ3n) is 2.74. The van der Waals surface area contributed by atoms with Gasteiger partial charge in [0, 0.05) is 11.8 Å². The molecule has 0 aromatic heterocycles. The van der Waals surface area contributed by atoms with Gasteiger partial charge >= 0.3 is 6.29 Å². The second-order valence-corrected chi connectivity index (χ2v) is 4.06. The van der Waals surface area contributed by atoms with Crippen LogP contribution in [0.25, 0.3) is 0 Å². The van der Waals surface area contributed by atoms with E-state index in [0.29, 0.717) is 5.69 Å². The summed E-state index contributed by atoms with van der Waals surface area (Å²) in [6, 6.07) is 3.93. The van der Waals surface area contributed by atoms with E-state index in [1.807, 2.05) is 0 Å². The second kappa shape index (κ2) is 3.81. The maximum atomic E-state index is 12.9. The van der Waals surface area contributed by atoms with E-state index in [1.54, 1.807) is 0 Å². The van der Waals surface area contributed by atoms with Gasteiger partial charge in [0.05, 0.1) is 6.54 Å². The van der Waals surface area contributed by atoms with Gasteiger partial charge in [-0.25, -0.2) is 0 Å². The Hall–Kier alpha value is -2.38. The molecule has 3 rings (SSSR count). The number of carbonyl (C=O) groups is 2. The number of anilines is 1. The Morgan fingerprint density at radius 1 is 1.21 bits per heavy atom. The topological polar surface area (TPSA) is 67.9 Å². The Balaban J connectivity index is 1.91. The fourth-order valence-electron chi connectivity index (χ4n) is 1.90. The van der Waals surface area contributed by atoms with Gasteiger partial charge in [-0.15, -0.1) is 8.78 Å². The lowest BCUT2D eigenvalue weighted by Gasteiger charge is -2.26. The van der Waals surface area contributed by atoms with Crippen molar-refractivity contribution < 1.29 is 27.8 Å². The number of benzene rings is 1. The summed E-state index contributed by atoms with van der Waals surface area (Å²) in [6.07, 6.45) is -3.70. The average molecular weight is 270 g/mol. The average Bonchev–Trinajstić information content (AvgIpc) is 2.65. The first-order chi connectivity index (χ1) is 8.94. The smallest absolute Gasteiger partial charge is 0.395 e. The number of alkyl halides is 2. The lowest BCUT2D eigenvalue weighted by Crippen LogP contribution is -2.51. The molecule has 0 radical (unpaired) electrons. The molecule has 1 fully saturated rings. The van der Waals surface area contributed by atoms with Gasteiger partial charge in [-0.2, -0.15) is 0 Å².